The molecule has 2 unspecified atom stereocenters. The molecule has 2 aliphatic rings. The van der Waals surface area contributed by atoms with Crippen LogP contribution in [0.15, 0.2) is 36.0 Å². The summed E-state index contributed by atoms with van der Waals surface area (Å²) < 4.78 is 34.7. The zero-order valence-corrected chi connectivity index (χ0v) is 15.5. The molecule has 7 heteroatoms. The molecule has 0 radical (unpaired) electrons. The van der Waals surface area contributed by atoms with Gasteiger partial charge in [0.05, 0.1) is 32.5 Å². The lowest BCUT2D eigenvalue weighted by atomic mass is 10.2. The Bertz CT molecular complexity index is 459. The molecule has 0 aliphatic carbocycles. The van der Waals surface area contributed by atoms with Crippen LogP contribution in [-0.2, 0) is 9.47 Å². The molecule has 2 atom stereocenters. The van der Waals surface area contributed by atoms with Crippen LogP contribution in [0.1, 0.15) is 13.8 Å². The molecular formula is C17H27F2N2O2P. The van der Waals surface area contributed by atoms with Crippen molar-refractivity contribution in [2.75, 3.05) is 39.5 Å². The number of halogens is 2. The number of hydrogen-bond donors (Lipinski definition) is 1. The third-order valence-corrected chi connectivity index (χ3v) is 3.80. The summed E-state index contributed by atoms with van der Waals surface area (Å²) in [5.41, 5.74) is 1.29. The molecule has 1 saturated heterocycles. The van der Waals surface area contributed by atoms with E-state index >= 15 is 0 Å². The number of morpholine rings is 1. The van der Waals surface area contributed by atoms with Gasteiger partial charge in [-0.15, -0.1) is 0 Å². The highest BCUT2D eigenvalue weighted by atomic mass is 31.0. The number of nitrogens with zero attached hydrogens (tertiary/aromatic N) is 1. The Morgan fingerprint density at radius 2 is 1.58 bits per heavy atom. The molecule has 0 aromatic heterocycles. The maximum atomic E-state index is 11.9. The molecule has 2 heterocycles. The fraction of sp³-hybridized carbons (Fsp3) is 0.529. The summed E-state index contributed by atoms with van der Waals surface area (Å²) in [6.07, 6.45) is 2.25. The maximum absolute atomic E-state index is 11.9. The minimum Gasteiger partial charge on any atom is -0.378 e. The van der Waals surface area contributed by atoms with E-state index in [1.165, 1.54) is 5.70 Å². The molecule has 0 spiro atoms. The smallest absolute Gasteiger partial charge is 0.123 e. The van der Waals surface area contributed by atoms with Gasteiger partial charge in [0, 0.05) is 18.8 Å². The quantitative estimate of drug-likeness (QED) is 0.823. The van der Waals surface area contributed by atoms with Gasteiger partial charge in [0.25, 0.3) is 0 Å². The third kappa shape index (κ3) is 7.67. The van der Waals surface area contributed by atoms with Gasteiger partial charge in [0.2, 0.25) is 0 Å². The second kappa shape index (κ2) is 12.3. The molecule has 1 aromatic rings. The van der Waals surface area contributed by atoms with Crippen LogP contribution in [-0.4, -0.2) is 50.5 Å². The highest BCUT2D eigenvalue weighted by Crippen LogP contribution is 2.13. The Kier molecular flexibility index (Phi) is 10.8. The Hall–Kier alpha value is -1.07. The lowest BCUT2D eigenvalue weighted by Gasteiger charge is -2.34. The Morgan fingerprint density at radius 3 is 2.08 bits per heavy atom. The average molecular weight is 360 g/mol. The first-order valence-electron chi connectivity index (χ1n) is 8.17. The van der Waals surface area contributed by atoms with Crippen LogP contribution in [0.4, 0.5) is 8.78 Å². The topological polar surface area (TPSA) is 33.7 Å². The van der Waals surface area contributed by atoms with Crippen molar-refractivity contribution in [1.82, 2.24) is 9.99 Å². The van der Waals surface area contributed by atoms with E-state index in [1.807, 2.05) is 13.8 Å². The molecule has 136 valence electrons. The number of nitrogens with one attached hydrogen (secondary N) is 1. The minimum atomic E-state index is -0.411. The van der Waals surface area contributed by atoms with E-state index in [9.17, 15) is 8.78 Å². The molecule has 2 aliphatic heterocycles. The van der Waals surface area contributed by atoms with Crippen molar-refractivity contribution in [2.45, 2.75) is 19.9 Å². The average Bonchev–Trinajstić information content (AvgIpc) is 2.67. The van der Waals surface area contributed by atoms with Crippen molar-refractivity contribution in [3.05, 3.63) is 47.7 Å². The summed E-state index contributed by atoms with van der Waals surface area (Å²) in [5.74, 6) is -0.821. The van der Waals surface area contributed by atoms with Crippen LogP contribution in [0.5, 0.6) is 0 Å². The maximum Gasteiger partial charge on any atom is 0.123 e. The summed E-state index contributed by atoms with van der Waals surface area (Å²) in [4.78, 5) is 2.34. The van der Waals surface area contributed by atoms with Gasteiger partial charge in [-0.1, -0.05) is 23.2 Å². The van der Waals surface area contributed by atoms with E-state index in [0.29, 0.717) is 6.04 Å². The van der Waals surface area contributed by atoms with Crippen molar-refractivity contribution in [3.8, 4) is 0 Å². The van der Waals surface area contributed by atoms with Crippen LogP contribution < -0.4 is 5.09 Å². The molecule has 0 saturated carbocycles. The summed E-state index contributed by atoms with van der Waals surface area (Å²) in [5, 5.41) is 3.13. The van der Waals surface area contributed by atoms with Crippen LogP contribution in [0.25, 0.3) is 0 Å². The van der Waals surface area contributed by atoms with E-state index in [2.05, 4.69) is 25.5 Å². The number of benzene rings is 1. The summed E-state index contributed by atoms with van der Waals surface area (Å²) >= 11 is 0. The first-order chi connectivity index (χ1) is 11.7. The Balaban J connectivity index is 0.000000245. The molecule has 3 rings (SSSR count). The second-order valence-corrected chi connectivity index (χ2v) is 5.32. The largest absolute Gasteiger partial charge is 0.378 e. The van der Waals surface area contributed by atoms with Gasteiger partial charge in [0.1, 0.15) is 11.6 Å². The highest BCUT2D eigenvalue weighted by molar-refractivity contribution is 7.13. The molecule has 0 bridgehead atoms. The first-order valence-corrected chi connectivity index (χ1v) is 8.75. The lowest BCUT2D eigenvalue weighted by Crippen LogP contribution is -2.40. The predicted octanol–water partition coefficient (Wildman–Crippen LogP) is 2.97. The van der Waals surface area contributed by atoms with Gasteiger partial charge < -0.3 is 14.4 Å². The normalized spacial score (nSPS) is 20.1. The summed E-state index contributed by atoms with van der Waals surface area (Å²) in [6.45, 7) is 9.13. The van der Waals surface area contributed by atoms with Crippen molar-refractivity contribution >= 4 is 9.39 Å². The van der Waals surface area contributed by atoms with Crippen LogP contribution in [0, 0.1) is 11.6 Å². The Morgan fingerprint density at radius 1 is 1.04 bits per heavy atom. The third-order valence-electron chi connectivity index (χ3n) is 3.38. The van der Waals surface area contributed by atoms with E-state index in [0.717, 1.165) is 63.8 Å². The monoisotopic (exact) mass is 360 g/mol. The number of ether oxygens (including phenoxy) is 2. The van der Waals surface area contributed by atoms with Gasteiger partial charge in [-0.05, 0) is 30.3 Å². The van der Waals surface area contributed by atoms with Crippen LogP contribution in [0.2, 0.25) is 0 Å². The van der Waals surface area contributed by atoms with Crippen LogP contribution >= 0.6 is 9.39 Å². The molecule has 1 aromatic carbocycles. The van der Waals surface area contributed by atoms with E-state index in [-0.39, 0.29) is 0 Å². The minimum absolute atomic E-state index is 0.326. The molecule has 0 amide bonds. The lowest BCUT2D eigenvalue weighted by molar-refractivity contribution is 0.0359. The Labute approximate surface area is 145 Å². The first kappa shape index (κ1) is 21.0. The van der Waals surface area contributed by atoms with Crippen LogP contribution in [0.3, 0.4) is 0 Å². The van der Waals surface area contributed by atoms with Gasteiger partial charge in [-0.3, -0.25) is 5.09 Å². The number of hydrogen-bond acceptors (Lipinski definition) is 4. The highest BCUT2D eigenvalue weighted by Gasteiger charge is 2.19. The zero-order chi connectivity index (χ0) is 17.8. The van der Waals surface area contributed by atoms with Crippen molar-refractivity contribution in [3.63, 3.8) is 0 Å². The van der Waals surface area contributed by atoms with E-state index in [1.54, 1.807) is 0 Å². The SMILES string of the molecule is CC.Fc1ccc(F)cc1.PNC1C=C(N2CCOCC2)COC1. The molecule has 24 heavy (non-hydrogen) atoms. The van der Waals surface area contributed by atoms with Crippen molar-refractivity contribution < 1.29 is 18.3 Å². The van der Waals surface area contributed by atoms with Crippen molar-refractivity contribution in [1.29, 1.82) is 0 Å². The molecular weight excluding hydrogens is 333 g/mol. The fourth-order valence-electron chi connectivity index (χ4n) is 2.19. The zero-order valence-electron chi connectivity index (χ0n) is 14.3. The summed E-state index contributed by atoms with van der Waals surface area (Å²) in [6, 6.07) is 4.64. The van der Waals surface area contributed by atoms with E-state index < -0.39 is 11.6 Å². The van der Waals surface area contributed by atoms with Gasteiger partial charge in [-0.2, -0.15) is 0 Å². The fourth-order valence-corrected chi connectivity index (χ4v) is 2.38. The predicted molar refractivity (Wildman–Crippen MR) is 95.6 cm³/mol. The molecule has 1 fully saturated rings. The second-order valence-electron chi connectivity index (χ2n) is 4.98. The van der Waals surface area contributed by atoms with Gasteiger partial charge in [0.15, 0.2) is 0 Å². The standard InChI is InChI=1S/C9H17N2O2P.C6H4F2.C2H6/c14-10-8-5-9(7-13-6-8)11-1-3-12-4-2-11;7-5-1-2-6(8)4-3-5;1-2/h5,8,10H,1-4,6-7,14H2;1-4H;1-2H3. The number of rotatable bonds is 2. The summed E-state index contributed by atoms with van der Waals surface area (Å²) in [7, 11) is 2.53. The van der Waals surface area contributed by atoms with Gasteiger partial charge in [-0.25, -0.2) is 8.78 Å². The van der Waals surface area contributed by atoms with E-state index in [4.69, 9.17) is 9.47 Å². The molecule has 1 N–H and O–H groups in total. The van der Waals surface area contributed by atoms with Crippen molar-refractivity contribution in [2.24, 2.45) is 0 Å². The molecule has 4 nitrogen and oxygen atoms in total. The van der Waals surface area contributed by atoms with Gasteiger partial charge >= 0.3 is 0 Å².